The molecular formula is C52H36N4O. The largest absolute Gasteiger partial charge is 0.434 e. The first-order valence-corrected chi connectivity index (χ1v) is 19.3. The lowest BCUT2D eigenvalue weighted by Gasteiger charge is -2.29. The highest BCUT2D eigenvalue weighted by atomic mass is 16.3. The number of fused-ring (bicyclic) bond motifs is 6. The van der Waals surface area contributed by atoms with Gasteiger partial charge in [0.15, 0.2) is 5.58 Å². The molecule has 8 aromatic carbocycles. The molecule has 11 aromatic rings. The highest BCUT2D eigenvalue weighted by molar-refractivity contribution is 6.17. The van der Waals surface area contributed by atoms with E-state index in [4.69, 9.17) is 9.40 Å². The van der Waals surface area contributed by atoms with Crippen molar-refractivity contribution in [2.45, 2.75) is 6.92 Å². The monoisotopic (exact) mass is 732 g/mol. The smallest absolute Gasteiger partial charge is 0.227 e. The SMILES string of the molecule is Cc1ccccc1N(c1ccccc1)c1ccccc1-c1cn(-c2cccc(-n3c4ccccc4c4ccc5nc(-c6ccccc6)oc5c43)c2)c2ccccc12. The Morgan fingerprint density at radius 2 is 1.18 bits per heavy atom. The molecule has 0 spiro atoms. The molecule has 0 aliphatic carbocycles. The van der Waals surface area contributed by atoms with Gasteiger partial charge in [-0.25, -0.2) is 4.98 Å². The molecule has 0 radical (unpaired) electrons. The molecule has 0 aliphatic rings. The number of oxazole rings is 1. The molecule has 0 saturated carbocycles. The van der Waals surface area contributed by atoms with Crippen molar-refractivity contribution in [2.75, 3.05) is 4.90 Å². The zero-order chi connectivity index (χ0) is 37.9. The fraction of sp³-hybridized carbons (Fsp3) is 0.0192. The topological polar surface area (TPSA) is 39.1 Å². The molecule has 3 aromatic heterocycles. The molecule has 11 rings (SSSR count). The van der Waals surface area contributed by atoms with E-state index < -0.39 is 0 Å². The molecule has 5 nitrogen and oxygen atoms in total. The Bertz CT molecular complexity index is 3260. The van der Waals surface area contributed by atoms with Gasteiger partial charge in [-0.3, -0.25) is 0 Å². The van der Waals surface area contributed by atoms with Gasteiger partial charge < -0.3 is 18.5 Å². The number of rotatable bonds is 7. The minimum absolute atomic E-state index is 0.614. The number of hydrogen-bond acceptors (Lipinski definition) is 3. The van der Waals surface area contributed by atoms with Crippen LogP contribution in [-0.4, -0.2) is 14.1 Å². The molecule has 0 amide bonds. The van der Waals surface area contributed by atoms with Crippen LogP contribution in [0.1, 0.15) is 5.56 Å². The minimum atomic E-state index is 0.614. The van der Waals surface area contributed by atoms with Gasteiger partial charge in [0.05, 0.1) is 22.2 Å². The summed E-state index contributed by atoms with van der Waals surface area (Å²) >= 11 is 0. The molecule has 5 heteroatoms. The first kappa shape index (κ1) is 32.8. The van der Waals surface area contributed by atoms with E-state index in [1.165, 1.54) is 16.3 Å². The van der Waals surface area contributed by atoms with Gasteiger partial charge in [-0.05, 0) is 91.3 Å². The molecule has 0 saturated heterocycles. The number of aromatic nitrogens is 3. The fourth-order valence-electron chi connectivity index (χ4n) is 8.49. The van der Waals surface area contributed by atoms with E-state index in [9.17, 15) is 0 Å². The zero-order valence-corrected chi connectivity index (χ0v) is 31.2. The lowest BCUT2D eigenvalue weighted by Crippen LogP contribution is -2.12. The number of benzene rings is 8. The van der Waals surface area contributed by atoms with Crippen LogP contribution in [0.5, 0.6) is 0 Å². The van der Waals surface area contributed by atoms with Crippen molar-refractivity contribution in [3.05, 3.63) is 206 Å². The van der Waals surface area contributed by atoms with Crippen molar-refractivity contribution in [3.63, 3.8) is 0 Å². The molecule has 0 atom stereocenters. The van der Waals surface area contributed by atoms with Crippen LogP contribution in [0.15, 0.2) is 205 Å². The van der Waals surface area contributed by atoms with E-state index in [0.29, 0.717) is 5.89 Å². The lowest BCUT2D eigenvalue weighted by molar-refractivity contribution is 0.621. The van der Waals surface area contributed by atoms with E-state index in [1.54, 1.807) is 0 Å². The Balaban J connectivity index is 1.11. The van der Waals surface area contributed by atoms with Gasteiger partial charge in [0, 0.05) is 61.8 Å². The summed E-state index contributed by atoms with van der Waals surface area (Å²) in [5, 5.41) is 3.47. The van der Waals surface area contributed by atoms with E-state index in [2.05, 4.69) is 191 Å². The third kappa shape index (κ3) is 5.35. The van der Waals surface area contributed by atoms with Gasteiger partial charge in [-0.15, -0.1) is 0 Å². The van der Waals surface area contributed by atoms with Crippen LogP contribution >= 0.6 is 0 Å². The van der Waals surface area contributed by atoms with Gasteiger partial charge in [0.1, 0.15) is 5.52 Å². The third-order valence-electron chi connectivity index (χ3n) is 11.1. The normalized spacial score (nSPS) is 11.6. The zero-order valence-electron chi connectivity index (χ0n) is 31.2. The van der Waals surface area contributed by atoms with Crippen LogP contribution in [0, 0.1) is 6.92 Å². The highest BCUT2D eigenvalue weighted by Gasteiger charge is 2.23. The van der Waals surface area contributed by atoms with Crippen molar-refractivity contribution in [2.24, 2.45) is 0 Å². The Morgan fingerprint density at radius 3 is 2.00 bits per heavy atom. The summed E-state index contributed by atoms with van der Waals surface area (Å²) in [6, 6.07) is 68.5. The van der Waals surface area contributed by atoms with Crippen LogP contribution in [0.2, 0.25) is 0 Å². The average molecular weight is 733 g/mol. The quantitative estimate of drug-likeness (QED) is 0.164. The average Bonchev–Trinajstić information content (AvgIpc) is 3.98. The molecule has 0 aliphatic heterocycles. The van der Waals surface area contributed by atoms with Gasteiger partial charge in [0.25, 0.3) is 0 Å². The number of anilines is 3. The summed E-state index contributed by atoms with van der Waals surface area (Å²) in [6.07, 6.45) is 2.30. The van der Waals surface area contributed by atoms with Gasteiger partial charge in [-0.2, -0.15) is 0 Å². The van der Waals surface area contributed by atoms with Crippen molar-refractivity contribution >= 4 is 60.9 Å². The Kier molecular flexibility index (Phi) is 7.64. The molecule has 270 valence electrons. The van der Waals surface area contributed by atoms with Crippen molar-refractivity contribution in [3.8, 4) is 34.0 Å². The summed E-state index contributed by atoms with van der Waals surface area (Å²) in [4.78, 5) is 7.33. The highest BCUT2D eigenvalue weighted by Crippen LogP contribution is 2.45. The van der Waals surface area contributed by atoms with Crippen molar-refractivity contribution in [1.82, 2.24) is 14.1 Å². The summed E-state index contributed by atoms with van der Waals surface area (Å²) in [7, 11) is 0. The minimum Gasteiger partial charge on any atom is -0.434 e. The van der Waals surface area contributed by atoms with Crippen LogP contribution in [-0.2, 0) is 0 Å². The number of para-hydroxylation sites is 5. The second kappa shape index (κ2) is 13.3. The maximum atomic E-state index is 6.64. The second-order valence-corrected chi connectivity index (χ2v) is 14.5. The van der Waals surface area contributed by atoms with E-state index in [-0.39, 0.29) is 0 Å². The molecular weight excluding hydrogens is 697 g/mol. The number of hydrogen-bond donors (Lipinski definition) is 0. The second-order valence-electron chi connectivity index (χ2n) is 14.5. The Morgan fingerprint density at radius 1 is 0.509 bits per heavy atom. The lowest BCUT2D eigenvalue weighted by atomic mass is 10.0. The van der Waals surface area contributed by atoms with Crippen LogP contribution in [0.4, 0.5) is 17.1 Å². The van der Waals surface area contributed by atoms with Gasteiger partial charge in [0.2, 0.25) is 5.89 Å². The molecule has 3 heterocycles. The summed E-state index contributed by atoms with van der Waals surface area (Å²) in [6.45, 7) is 2.18. The summed E-state index contributed by atoms with van der Waals surface area (Å²) < 4.78 is 11.3. The first-order valence-electron chi connectivity index (χ1n) is 19.3. The standard InChI is InChI=1S/C52H36N4O/c1-35-17-8-12-27-46(35)55(37-20-6-3-7-21-37)48-29-14-11-26-42(48)44-34-54(47-28-13-9-25-41(44)47)38-22-16-23-39(33-38)56-49-30-15-10-24-40(49)43-31-32-45-51(50(43)56)57-52(53-45)36-18-4-2-5-19-36/h2-34H,1H3. The van der Waals surface area contributed by atoms with Gasteiger partial charge in [-0.1, -0.05) is 115 Å². The van der Waals surface area contributed by atoms with Crippen LogP contribution in [0.25, 0.3) is 77.8 Å². The number of aryl methyl sites for hydroxylation is 1. The fourth-order valence-corrected chi connectivity index (χ4v) is 8.49. The van der Waals surface area contributed by atoms with Crippen molar-refractivity contribution < 1.29 is 4.42 Å². The maximum Gasteiger partial charge on any atom is 0.227 e. The van der Waals surface area contributed by atoms with Crippen molar-refractivity contribution in [1.29, 1.82) is 0 Å². The maximum absolute atomic E-state index is 6.64. The van der Waals surface area contributed by atoms with E-state index in [1.807, 2.05) is 30.3 Å². The Labute approximate surface area is 329 Å². The van der Waals surface area contributed by atoms with E-state index in [0.717, 1.165) is 78.2 Å². The van der Waals surface area contributed by atoms with Crippen LogP contribution in [0.3, 0.4) is 0 Å². The molecule has 0 fully saturated rings. The molecule has 0 bridgehead atoms. The molecule has 0 N–H and O–H groups in total. The van der Waals surface area contributed by atoms with E-state index >= 15 is 0 Å². The molecule has 0 unspecified atom stereocenters. The number of nitrogens with zero attached hydrogens (tertiary/aromatic N) is 4. The first-order chi connectivity index (χ1) is 28.2. The Hall–Kier alpha value is -7.63. The predicted octanol–water partition coefficient (Wildman–Crippen LogP) is 14.0. The third-order valence-corrected chi connectivity index (χ3v) is 11.1. The summed E-state index contributed by atoms with van der Waals surface area (Å²) in [5.41, 5.74) is 14.8. The van der Waals surface area contributed by atoms with Gasteiger partial charge >= 0.3 is 0 Å². The van der Waals surface area contributed by atoms with Crippen LogP contribution < -0.4 is 4.90 Å². The molecule has 57 heavy (non-hydrogen) atoms. The predicted molar refractivity (Wildman–Crippen MR) is 235 cm³/mol. The summed E-state index contributed by atoms with van der Waals surface area (Å²) in [5.74, 6) is 0.614.